The first-order valence-electron chi connectivity index (χ1n) is 4.46. The summed E-state index contributed by atoms with van der Waals surface area (Å²) in [5.41, 5.74) is 1.68. The Balaban J connectivity index is 2.25. The van der Waals surface area contributed by atoms with E-state index in [4.69, 9.17) is 5.11 Å². The van der Waals surface area contributed by atoms with E-state index in [9.17, 15) is 0 Å². The van der Waals surface area contributed by atoms with Gasteiger partial charge in [0.15, 0.2) is 0 Å². The van der Waals surface area contributed by atoms with Crippen LogP contribution in [-0.2, 0) is 6.54 Å². The van der Waals surface area contributed by atoms with Crippen molar-refractivity contribution in [3.8, 4) is 11.4 Å². The number of hydrogen-bond donors (Lipinski definition) is 1. The molecule has 0 saturated heterocycles. The van der Waals surface area contributed by atoms with E-state index in [2.05, 4.69) is 10.1 Å². The molecule has 2 heterocycles. The van der Waals surface area contributed by atoms with E-state index in [1.165, 1.54) is 0 Å². The lowest BCUT2D eigenvalue weighted by molar-refractivity contribution is 0.269. The fourth-order valence-corrected chi connectivity index (χ4v) is 1.24. The molecule has 0 aliphatic heterocycles. The molecule has 0 amide bonds. The molecule has 14 heavy (non-hydrogen) atoms. The summed E-state index contributed by atoms with van der Waals surface area (Å²) >= 11 is 0. The Hall–Kier alpha value is -1.68. The first-order valence-corrected chi connectivity index (χ1v) is 4.46. The highest BCUT2D eigenvalue weighted by molar-refractivity contribution is 5.52. The maximum atomic E-state index is 8.72. The van der Waals surface area contributed by atoms with Crippen LogP contribution in [-0.4, -0.2) is 26.5 Å². The fourth-order valence-electron chi connectivity index (χ4n) is 1.24. The summed E-state index contributed by atoms with van der Waals surface area (Å²) in [4.78, 5) is 4.18. The van der Waals surface area contributed by atoms with Crippen LogP contribution < -0.4 is 0 Å². The molecule has 1 N–H and O–H groups in total. The van der Waals surface area contributed by atoms with Crippen LogP contribution in [0.15, 0.2) is 36.7 Å². The third-order valence-electron chi connectivity index (χ3n) is 1.90. The average molecular weight is 189 g/mol. The molecule has 0 radical (unpaired) electrons. The van der Waals surface area contributed by atoms with Crippen LogP contribution >= 0.6 is 0 Å². The van der Waals surface area contributed by atoms with Gasteiger partial charge in [-0.2, -0.15) is 5.10 Å². The van der Waals surface area contributed by atoms with Crippen molar-refractivity contribution in [1.82, 2.24) is 14.8 Å². The number of aromatic nitrogens is 3. The molecule has 0 aliphatic rings. The second kappa shape index (κ2) is 4.02. The van der Waals surface area contributed by atoms with E-state index in [1.54, 1.807) is 10.9 Å². The van der Waals surface area contributed by atoms with Gasteiger partial charge in [-0.1, -0.05) is 6.07 Å². The Bertz CT molecular complexity index is 397. The Morgan fingerprint density at radius 1 is 1.21 bits per heavy atom. The van der Waals surface area contributed by atoms with Crippen molar-refractivity contribution in [2.45, 2.75) is 6.54 Å². The Labute approximate surface area is 81.8 Å². The lowest BCUT2D eigenvalue weighted by Gasteiger charge is -1.96. The largest absolute Gasteiger partial charge is 0.394 e. The van der Waals surface area contributed by atoms with Gasteiger partial charge in [0.25, 0.3) is 0 Å². The van der Waals surface area contributed by atoms with Gasteiger partial charge >= 0.3 is 0 Å². The highest BCUT2D eigenvalue weighted by Crippen LogP contribution is 2.12. The van der Waals surface area contributed by atoms with Gasteiger partial charge in [0, 0.05) is 12.4 Å². The van der Waals surface area contributed by atoms with Gasteiger partial charge < -0.3 is 5.11 Å². The maximum absolute atomic E-state index is 8.72. The van der Waals surface area contributed by atoms with Gasteiger partial charge in [-0.25, -0.2) is 0 Å². The van der Waals surface area contributed by atoms with Crippen LogP contribution in [0.4, 0.5) is 0 Å². The third-order valence-corrected chi connectivity index (χ3v) is 1.90. The Morgan fingerprint density at radius 3 is 2.86 bits per heavy atom. The van der Waals surface area contributed by atoms with Crippen molar-refractivity contribution in [1.29, 1.82) is 0 Å². The van der Waals surface area contributed by atoms with Gasteiger partial charge in [-0.15, -0.1) is 0 Å². The Morgan fingerprint density at radius 2 is 2.14 bits per heavy atom. The van der Waals surface area contributed by atoms with Crippen molar-refractivity contribution in [3.05, 3.63) is 36.7 Å². The van der Waals surface area contributed by atoms with Crippen molar-refractivity contribution >= 4 is 0 Å². The quantitative estimate of drug-likeness (QED) is 0.781. The van der Waals surface area contributed by atoms with Gasteiger partial charge in [0.1, 0.15) is 5.69 Å². The lowest BCUT2D eigenvalue weighted by atomic mass is 10.3. The summed E-state index contributed by atoms with van der Waals surface area (Å²) in [7, 11) is 0. The lowest BCUT2D eigenvalue weighted by Crippen LogP contribution is -2.02. The van der Waals surface area contributed by atoms with Crippen molar-refractivity contribution in [2.75, 3.05) is 6.61 Å². The number of pyridine rings is 1. The number of nitrogens with zero attached hydrogens (tertiary/aromatic N) is 3. The first kappa shape index (κ1) is 8.90. The van der Waals surface area contributed by atoms with Crippen LogP contribution in [0.3, 0.4) is 0 Å². The van der Waals surface area contributed by atoms with Crippen LogP contribution in [0.1, 0.15) is 0 Å². The molecule has 2 rings (SSSR count). The summed E-state index contributed by atoms with van der Waals surface area (Å²) in [6, 6.07) is 7.59. The van der Waals surface area contributed by atoms with Gasteiger partial charge in [0.05, 0.1) is 18.8 Å². The van der Waals surface area contributed by atoms with E-state index in [0.29, 0.717) is 6.54 Å². The summed E-state index contributed by atoms with van der Waals surface area (Å²) < 4.78 is 1.70. The molecular weight excluding hydrogens is 178 g/mol. The minimum atomic E-state index is 0.101. The number of aliphatic hydroxyl groups excluding tert-OH is 1. The molecule has 4 nitrogen and oxygen atoms in total. The minimum Gasteiger partial charge on any atom is -0.394 e. The van der Waals surface area contributed by atoms with Gasteiger partial charge in [-0.05, 0) is 18.2 Å². The second-order valence-corrected chi connectivity index (χ2v) is 2.90. The molecule has 0 saturated carbocycles. The molecule has 4 heteroatoms. The van der Waals surface area contributed by atoms with E-state index in [-0.39, 0.29) is 6.61 Å². The normalized spacial score (nSPS) is 10.4. The molecule has 72 valence electrons. The highest BCUT2D eigenvalue weighted by atomic mass is 16.3. The summed E-state index contributed by atoms with van der Waals surface area (Å²) in [5, 5.41) is 13.0. The molecular formula is C10H11N3O. The van der Waals surface area contributed by atoms with Crippen LogP contribution in [0.2, 0.25) is 0 Å². The predicted molar refractivity (Wildman–Crippen MR) is 52.5 cm³/mol. The molecule has 0 bridgehead atoms. The van der Waals surface area contributed by atoms with Crippen LogP contribution in [0.25, 0.3) is 11.4 Å². The predicted octanol–water partition coefficient (Wildman–Crippen LogP) is 0.937. The SMILES string of the molecule is OCCn1ccc(-c2ccccn2)n1. The zero-order valence-electron chi connectivity index (χ0n) is 7.67. The molecule has 2 aromatic rings. The molecule has 0 fully saturated rings. The van der Waals surface area contributed by atoms with Crippen molar-refractivity contribution in [3.63, 3.8) is 0 Å². The average Bonchev–Trinajstić information content (AvgIpc) is 2.68. The fraction of sp³-hybridized carbons (Fsp3) is 0.200. The molecule has 0 aliphatic carbocycles. The number of hydrogen-bond acceptors (Lipinski definition) is 3. The number of aliphatic hydroxyl groups is 1. The monoisotopic (exact) mass is 189 g/mol. The standard InChI is InChI=1S/C10H11N3O/c14-8-7-13-6-4-10(12-13)9-3-1-2-5-11-9/h1-6,14H,7-8H2. The Kier molecular flexibility index (Phi) is 2.55. The molecule has 0 unspecified atom stereocenters. The van der Waals surface area contributed by atoms with Crippen molar-refractivity contribution < 1.29 is 5.11 Å². The van der Waals surface area contributed by atoms with Gasteiger partial charge in [0.2, 0.25) is 0 Å². The maximum Gasteiger partial charge on any atom is 0.111 e. The van der Waals surface area contributed by atoms with E-state index in [1.807, 2.05) is 30.5 Å². The van der Waals surface area contributed by atoms with E-state index < -0.39 is 0 Å². The minimum absolute atomic E-state index is 0.101. The van der Waals surface area contributed by atoms with Crippen LogP contribution in [0.5, 0.6) is 0 Å². The smallest absolute Gasteiger partial charge is 0.111 e. The van der Waals surface area contributed by atoms with Gasteiger partial charge in [-0.3, -0.25) is 9.67 Å². The molecule has 2 aromatic heterocycles. The summed E-state index contributed by atoms with van der Waals surface area (Å²) in [5.74, 6) is 0. The molecule has 0 aromatic carbocycles. The van der Waals surface area contributed by atoms with Crippen molar-refractivity contribution in [2.24, 2.45) is 0 Å². The second-order valence-electron chi connectivity index (χ2n) is 2.90. The molecule has 0 atom stereocenters. The molecule has 0 spiro atoms. The number of rotatable bonds is 3. The summed E-state index contributed by atoms with van der Waals surface area (Å²) in [6.07, 6.45) is 3.57. The third kappa shape index (κ3) is 1.80. The first-order chi connectivity index (χ1) is 6.90. The van der Waals surface area contributed by atoms with Crippen LogP contribution in [0, 0.1) is 0 Å². The highest BCUT2D eigenvalue weighted by Gasteiger charge is 2.01. The zero-order valence-corrected chi connectivity index (χ0v) is 7.67. The summed E-state index contributed by atoms with van der Waals surface area (Å²) in [6.45, 7) is 0.621. The zero-order chi connectivity index (χ0) is 9.80. The topological polar surface area (TPSA) is 50.9 Å². The van der Waals surface area contributed by atoms with E-state index in [0.717, 1.165) is 11.4 Å². The van der Waals surface area contributed by atoms with E-state index >= 15 is 0 Å².